The quantitative estimate of drug-likeness (QED) is 0.479. The molecule has 7 nitrogen and oxygen atoms in total. The molecule has 0 saturated heterocycles. The van der Waals surface area contributed by atoms with Gasteiger partial charge in [-0.2, -0.15) is 26.3 Å². The fraction of sp³-hybridized carbons (Fsp3) is 0.556. The van der Waals surface area contributed by atoms with E-state index in [1.165, 1.54) is 0 Å². The molecule has 1 N–H and O–H groups in total. The van der Waals surface area contributed by atoms with E-state index in [0.717, 1.165) is 0 Å². The van der Waals surface area contributed by atoms with Crippen LogP contribution in [0.3, 0.4) is 0 Å². The maximum absolute atomic E-state index is 14.2. The molecule has 1 aliphatic rings. The summed E-state index contributed by atoms with van der Waals surface area (Å²) in [4.78, 5) is -4.87. The largest absolute Gasteiger partial charge is 0.513 e. The van der Waals surface area contributed by atoms with Gasteiger partial charge in [-0.15, -0.1) is 0 Å². The topological polar surface area (TPSA) is 114 Å². The van der Waals surface area contributed by atoms with Gasteiger partial charge in [0.05, 0.1) is 0 Å². The highest BCUT2D eigenvalue weighted by atomic mass is 33.2. The number of rotatable bonds is 5. The number of hydrogen-bond donors (Lipinski definition) is 1. The Bertz CT molecular complexity index is 1030. The van der Waals surface area contributed by atoms with Crippen molar-refractivity contribution in [3.05, 3.63) is 23.3 Å². The lowest BCUT2D eigenvalue weighted by Gasteiger charge is -2.36. The molecular formula is C9H7F8NO6S3. The first-order valence-corrected chi connectivity index (χ1v) is 11.3. The molecule has 0 radical (unpaired) electrons. The minimum absolute atomic E-state index is 0.0153. The molecule has 0 aliphatic heterocycles. The normalized spacial score (nSPS) is 25.9. The van der Waals surface area contributed by atoms with Crippen LogP contribution in [0.25, 0.3) is 0 Å². The molecule has 2 atom stereocenters. The van der Waals surface area contributed by atoms with Crippen LogP contribution in [-0.4, -0.2) is 47.6 Å². The molecule has 0 aromatic rings. The van der Waals surface area contributed by atoms with Crippen molar-refractivity contribution < 1.29 is 60.4 Å². The maximum Gasteiger partial charge on any atom is 0.513 e. The Hall–Kier alpha value is -1.27. The van der Waals surface area contributed by atoms with Gasteiger partial charge >= 0.3 is 23.4 Å². The summed E-state index contributed by atoms with van der Waals surface area (Å²) in [5, 5.41) is 0. The average molecular weight is 473 g/mol. The summed E-state index contributed by atoms with van der Waals surface area (Å²) in [6.07, 6.45) is -4.29. The van der Waals surface area contributed by atoms with Gasteiger partial charge < -0.3 is 0 Å². The smallest absolute Gasteiger partial charge is 0.236 e. The number of sulfone groups is 1. The molecular weight excluding hydrogens is 466 g/mol. The van der Waals surface area contributed by atoms with Crippen molar-refractivity contribution >= 4 is 27.8 Å². The minimum Gasteiger partial charge on any atom is -0.236 e. The molecule has 0 aromatic carbocycles. The number of allylic oxidation sites excluding steroid dienone is 2. The van der Waals surface area contributed by atoms with Gasteiger partial charge in [-0.25, -0.2) is 38.8 Å². The highest BCUT2D eigenvalue weighted by Gasteiger charge is 2.66. The van der Waals surface area contributed by atoms with Crippen molar-refractivity contribution in [2.75, 3.05) is 5.75 Å². The molecule has 0 aromatic heterocycles. The zero-order valence-electron chi connectivity index (χ0n) is 12.5. The van der Waals surface area contributed by atoms with Gasteiger partial charge in [0.15, 0.2) is 39.3 Å². The lowest BCUT2D eigenvalue weighted by Crippen LogP contribution is -2.64. The molecule has 2 unspecified atom stereocenters. The van der Waals surface area contributed by atoms with E-state index in [1.54, 1.807) is 0 Å². The Morgan fingerprint density at radius 1 is 0.963 bits per heavy atom. The summed E-state index contributed by atoms with van der Waals surface area (Å²) in [7, 11) is -20.3. The van der Waals surface area contributed by atoms with E-state index in [0.29, 0.717) is 6.92 Å². The molecule has 1 aliphatic carbocycles. The number of nitrogens with one attached hydrogen (secondary N) is 1. The third-order valence-electron chi connectivity index (χ3n) is 3.22. The second-order valence-corrected chi connectivity index (χ2v) is 12.3. The zero-order chi connectivity index (χ0) is 21.8. The molecule has 158 valence electrons. The Balaban J connectivity index is 3.96. The van der Waals surface area contributed by atoms with Crippen molar-refractivity contribution in [2.45, 2.75) is 23.5 Å². The van der Waals surface area contributed by atoms with Gasteiger partial charge in [-0.05, 0) is 0 Å². The molecule has 18 heteroatoms. The van der Waals surface area contributed by atoms with E-state index in [-0.39, 0.29) is 4.72 Å². The summed E-state index contributed by atoms with van der Waals surface area (Å²) in [5.74, 6) is -13.8. The van der Waals surface area contributed by atoms with Crippen LogP contribution >= 0.6 is 0 Å². The van der Waals surface area contributed by atoms with Gasteiger partial charge in [0.1, 0.15) is 0 Å². The van der Waals surface area contributed by atoms with E-state index in [1.807, 2.05) is 0 Å². The molecule has 0 saturated carbocycles. The van der Waals surface area contributed by atoms with Crippen molar-refractivity contribution in [1.82, 2.24) is 4.72 Å². The molecule has 0 amide bonds. The van der Waals surface area contributed by atoms with Gasteiger partial charge in [-0.3, -0.25) is 0 Å². The standard InChI is InChI=1S/C9H7F8NO6S3/c1-2-25(19,20)8(6(13)4(11)3(10)5(12)7(8)14)18-27(23,24)26(21,22)9(15,16)17/h6,18H,2H2,1H3. The summed E-state index contributed by atoms with van der Waals surface area (Å²) in [5.41, 5.74) is -6.62. The van der Waals surface area contributed by atoms with Gasteiger partial charge in [0.2, 0.25) is 4.87 Å². The van der Waals surface area contributed by atoms with E-state index in [4.69, 9.17) is 0 Å². The van der Waals surface area contributed by atoms with Gasteiger partial charge in [-0.1, -0.05) is 6.92 Å². The van der Waals surface area contributed by atoms with Crippen LogP contribution in [0.5, 0.6) is 0 Å². The van der Waals surface area contributed by atoms with Crippen molar-refractivity contribution in [2.24, 2.45) is 0 Å². The highest BCUT2D eigenvalue weighted by Crippen LogP contribution is 2.46. The summed E-state index contributed by atoms with van der Waals surface area (Å²) in [6, 6.07) is 0. The fourth-order valence-corrected chi connectivity index (χ4v) is 6.44. The van der Waals surface area contributed by atoms with Crippen molar-refractivity contribution in [1.29, 1.82) is 0 Å². The Morgan fingerprint density at radius 2 is 1.41 bits per heavy atom. The van der Waals surface area contributed by atoms with Crippen LogP contribution in [0.15, 0.2) is 23.3 Å². The monoisotopic (exact) mass is 473 g/mol. The van der Waals surface area contributed by atoms with Crippen LogP contribution in [0.2, 0.25) is 0 Å². The summed E-state index contributed by atoms with van der Waals surface area (Å²) in [6.45, 7) is 0.522. The molecule has 0 bridgehead atoms. The zero-order valence-corrected chi connectivity index (χ0v) is 14.9. The number of alkyl halides is 4. The van der Waals surface area contributed by atoms with Crippen LogP contribution in [-0.2, 0) is 27.8 Å². The number of hydrogen-bond acceptors (Lipinski definition) is 6. The summed E-state index contributed by atoms with van der Waals surface area (Å²) < 4.78 is 175. The summed E-state index contributed by atoms with van der Waals surface area (Å²) >= 11 is 0. The minimum atomic E-state index is -7.39. The van der Waals surface area contributed by atoms with Gasteiger partial charge in [0, 0.05) is 5.75 Å². The third-order valence-corrected chi connectivity index (χ3v) is 9.85. The second kappa shape index (κ2) is 6.66. The SMILES string of the molecule is CCS(=O)(=O)C1(NS(=O)(=O)S(=O)(=O)C(F)(F)F)C(F)=C(F)C(F)=C(F)C1F. The first-order valence-electron chi connectivity index (χ1n) is 6.14. The molecule has 27 heavy (non-hydrogen) atoms. The molecule has 1 rings (SSSR count). The fourth-order valence-electron chi connectivity index (χ4n) is 1.81. The lowest BCUT2D eigenvalue weighted by molar-refractivity contribution is -0.0413. The Labute approximate surface area is 146 Å². The van der Waals surface area contributed by atoms with Crippen LogP contribution < -0.4 is 4.72 Å². The molecule has 0 heterocycles. The van der Waals surface area contributed by atoms with Crippen LogP contribution in [0, 0.1) is 0 Å². The first-order chi connectivity index (χ1) is 11.8. The van der Waals surface area contributed by atoms with Crippen LogP contribution in [0.4, 0.5) is 35.1 Å². The third kappa shape index (κ3) is 3.25. The second-order valence-electron chi connectivity index (χ2n) is 4.75. The molecule has 0 fully saturated rings. The first kappa shape index (κ1) is 23.8. The predicted molar refractivity (Wildman–Crippen MR) is 72.6 cm³/mol. The number of halogens is 8. The van der Waals surface area contributed by atoms with Crippen LogP contribution in [0.1, 0.15) is 6.92 Å². The van der Waals surface area contributed by atoms with E-state index >= 15 is 0 Å². The maximum atomic E-state index is 14.2. The van der Waals surface area contributed by atoms with E-state index in [2.05, 4.69) is 0 Å². The average Bonchev–Trinajstić information content (AvgIpc) is 2.53. The van der Waals surface area contributed by atoms with E-state index < -0.39 is 73.4 Å². The highest BCUT2D eigenvalue weighted by molar-refractivity contribution is 8.66. The van der Waals surface area contributed by atoms with Crippen molar-refractivity contribution in [3.8, 4) is 0 Å². The Kier molecular flexibility index (Phi) is 5.86. The Morgan fingerprint density at radius 3 is 1.78 bits per heavy atom. The lowest BCUT2D eigenvalue weighted by atomic mass is 10.0. The predicted octanol–water partition coefficient (Wildman–Crippen LogP) is 1.54. The molecule has 0 spiro atoms. The van der Waals surface area contributed by atoms with Crippen molar-refractivity contribution in [3.63, 3.8) is 0 Å². The van der Waals surface area contributed by atoms with E-state index in [9.17, 15) is 60.4 Å². The van der Waals surface area contributed by atoms with Gasteiger partial charge in [0.25, 0.3) is 0 Å².